The molecule has 0 aliphatic carbocycles. The van der Waals surface area contributed by atoms with Crippen LogP contribution >= 0.6 is 11.3 Å². The molecule has 1 aromatic carbocycles. The number of rotatable bonds is 7. The van der Waals surface area contributed by atoms with E-state index in [9.17, 15) is 4.39 Å². The zero-order chi connectivity index (χ0) is 15.2. The molecule has 0 saturated carbocycles. The predicted octanol–water partition coefficient (Wildman–Crippen LogP) is 5.04. The van der Waals surface area contributed by atoms with Crippen molar-refractivity contribution in [3.05, 3.63) is 57.0 Å². The molecule has 0 aliphatic rings. The fourth-order valence-corrected chi connectivity index (χ4v) is 3.47. The molecule has 0 amide bonds. The van der Waals surface area contributed by atoms with Gasteiger partial charge in [0, 0.05) is 27.8 Å². The van der Waals surface area contributed by atoms with Crippen LogP contribution in [0, 0.1) is 12.7 Å². The van der Waals surface area contributed by atoms with Gasteiger partial charge in [-0.3, -0.25) is 0 Å². The van der Waals surface area contributed by atoms with E-state index in [0.717, 1.165) is 36.9 Å². The van der Waals surface area contributed by atoms with Crippen LogP contribution in [0.4, 0.5) is 4.39 Å². The Hall–Kier alpha value is -1.19. The van der Waals surface area contributed by atoms with Gasteiger partial charge < -0.3 is 5.32 Å². The first kappa shape index (κ1) is 16.2. The van der Waals surface area contributed by atoms with Crippen LogP contribution in [0.3, 0.4) is 0 Å². The molecule has 0 fully saturated rings. The largest absolute Gasteiger partial charge is 0.310 e. The van der Waals surface area contributed by atoms with Crippen molar-refractivity contribution in [3.63, 3.8) is 0 Å². The predicted molar refractivity (Wildman–Crippen MR) is 89.6 cm³/mol. The Morgan fingerprint density at radius 1 is 1.14 bits per heavy atom. The normalized spacial score (nSPS) is 12.6. The van der Waals surface area contributed by atoms with E-state index in [1.165, 1.54) is 9.75 Å². The highest BCUT2D eigenvalue weighted by atomic mass is 32.1. The second-order valence-electron chi connectivity index (χ2n) is 5.46. The summed E-state index contributed by atoms with van der Waals surface area (Å²) in [5, 5.41) is 3.50. The van der Waals surface area contributed by atoms with Crippen LogP contribution in [0.5, 0.6) is 0 Å². The summed E-state index contributed by atoms with van der Waals surface area (Å²) in [4.78, 5) is 2.71. The number of thiophene rings is 1. The lowest BCUT2D eigenvalue weighted by molar-refractivity contribution is 0.499. The van der Waals surface area contributed by atoms with Crippen molar-refractivity contribution in [1.82, 2.24) is 5.32 Å². The smallest absolute Gasteiger partial charge is 0.128 e. The minimum absolute atomic E-state index is 0.0493. The van der Waals surface area contributed by atoms with Gasteiger partial charge >= 0.3 is 0 Å². The van der Waals surface area contributed by atoms with Gasteiger partial charge in [-0.1, -0.05) is 31.5 Å². The van der Waals surface area contributed by atoms with Crippen molar-refractivity contribution < 1.29 is 4.39 Å². The van der Waals surface area contributed by atoms with Crippen molar-refractivity contribution in [1.29, 1.82) is 0 Å². The Bertz CT molecular complexity index is 576. The maximum absolute atomic E-state index is 14.2. The molecule has 21 heavy (non-hydrogen) atoms. The summed E-state index contributed by atoms with van der Waals surface area (Å²) in [6, 6.07) is 9.79. The molecule has 0 bridgehead atoms. The second-order valence-corrected chi connectivity index (χ2v) is 6.71. The van der Waals surface area contributed by atoms with Crippen molar-refractivity contribution in [2.75, 3.05) is 6.54 Å². The molecular weight excluding hydrogens is 281 g/mol. The molecular formula is C18H24FNS. The van der Waals surface area contributed by atoms with Gasteiger partial charge in [0.05, 0.1) is 0 Å². The van der Waals surface area contributed by atoms with Gasteiger partial charge in [0.25, 0.3) is 0 Å². The summed E-state index contributed by atoms with van der Waals surface area (Å²) in [5.74, 6) is -0.110. The monoisotopic (exact) mass is 305 g/mol. The highest BCUT2D eigenvalue weighted by Crippen LogP contribution is 2.26. The highest BCUT2D eigenvalue weighted by Gasteiger charge is 2.17. The van der Waals surface area contributed by atoms with Crippen LogP contribution in [-0.4, -0.2) is 6.54 Å². The Morgan fingerprint density at radius 3 is 2.57 bits per heavy atom. The van der Waals surface area contributed by atoms with Crippen molar-refractivity contribution >= 4 is 11.3 Å². The summed E-state index contributed by atoms with van der Waals surface area (Å²) in [6.45, 7) is 7.23. The first-order valence-corrected chi connectivity index (χ1v) is 8.52. The van der Waals surface area contributed by atoms with Crippen LogP contribution in [0.1, 0.15) is 47.2 Å². The first-order valence-electron chi connectivity index (χ1n) is 7.71. The topological polar surface area (TPSA) is 12.0 Å². The lowest BCUT2D eigenvalue weighted by Gasteiger charge is -2.19. The van der Waals surface area contributed by atoms with E-state index in [1.807, 2.05) is 30.4 Å². The molecule has 2 rings (SSSR count). The van der Waals surface area contributed by atoms with Gasteiger partial charge in [0.1, 0.15) is 5.82 Å². The lowest BCUT2D eigenvalue weighted by Crippen LogP contribution is -2.24. The SMILES string of the molecule is CCCNC(Cc1ccc(CC)s1)c1cc(C)ccc1F. The molecule has 1 aromatic heterocycles. The molecule has 2 aromatic rings. The van der Waals surface area contributed by atoms with E-state index < -0.39 is 0 Å². The molecule has 0 spiro atoms. The molecule has 0 saturated heterocycles. The minimum atomic E-state index is -0.110. The first-order chi connectivity index (χ1) is 10.1. The van der Waals surface area contributed by atoms with E-state index >= 15 is 0 Å². The number of nitrogens with one attached hydrogen (secondary N) is 1. The van der Waals surface area contributed by atoms with Gasteiger partial charge in [-0.25, -0.2) is 4.39 Å². The van der Waals surface area contributed by atoms with E-state index in [-0.39, 0.29) is 11.9 Å². The van der Waals surface area contributed by atoms with Gasteiger partial charge in [-0.15, -0.1) is 11.3 Å². The summed E-state index contributed by atoms with van der Waals surface area (Å²) in [5.41, 5.74) is 1.89. The number of benzene rings is 1. The minimum Gasteiger partial charge on any atom is -0.310 e. The summed E-state index contributed by atoms with van der Waals surface area (Å²) in [7, 11) is 0. The Balaban J connectivity index is 2.22. The van der Waals surface area contributed by atoms with Crippen LogP contribution in [-0.2, 0) is 12.8 Å². The third-order valence-electron chi connectivity index (χ3n) is 3.64. The maximum atomic E-state index is 14.2. The molecule has 1 N–H and O–H groups in total. The zero-order valence-corrected chi connectivity index (χ0v) is 13.9. The molecule has 1 heterocycles. The van der Waals surface area contributed by atoms with Gasteiger partial charge in [-0.2, -0.15) is 0 Å². The maximum Gasteiger partial charge on any atom is 0.128 e. The van der Waals surface area contributed by atoms with Crippen LogP contribution in [0.25, 0.3) is 0 Å². The standard InChI is InChI=1S/C18H24FNS/c1-4-10-20-18(12-15-8-7-14(5-2)21-15)16-11-13(3)6-9-17(16)19/h6-9,11,18,20H,4-5,10,12H2,1-3H3. The van der Waals surface area contributed by atoms with Crippen molar-refractivity contribution in [2.45, 2.75) is 46.1 Å². The Labute approximate surface area is 131 Å². The van der Waals surface area contributed by atoms with E-state index in [4.69, 9.17) is 0 Å². The molecule has 0 radical (unpaired) electrons. The fourth-order valence-electron chi connectivity index (χ4n) is 2.46. The molecule has 1 unspecified atom stereocenters. The molecule has 3 heteroatoms. The Morgan fingerprint density at radius 2 is 1.90 bits per heavy atom. The van der Waals surface area contributed by atoms with Crippen molar-refractivity contribution in [2.24, 2.45) is 0 Å². The second kappa shape index (κ2) is 7.71. The number of hydrogen-bond acceptors (Lipinski definition) is 2. The van der Waals surface area contributed by atoms with Crippen LogP contribution in [0.15, 0.2) is 30.3 Å². The number of halogens is 1. The number of aryl methyl sites for hydroxylation is 2. The van der Waals surface area contributed by atoms with E-state index in [0.29, 0.717) is 0 Å². The summed E-state index contributed by atoms with van der Waals surface area (Å²) >= 11 is 1.84. The van der Waals surface area contributed by atoms with Gasteiger partial charge in [0.2, 0.25) is 0 Å². The average molecular weight is 305 g/mol. The third kappa shape index (κ3) is 4.39. The van der Waals surface area contributed by atoms with Crippen LogP contribution < -0.4 is 5.32 Å². The van der Waals surface area contributed by atoms with Crippen molar-refractivity contribution in [3.8, 4) is 0 Å². The molecule has 1 nitrogen and oxygen atoms in total. The summed E-state index contributed by atoms with van der Waals surface area (Å²) in [6.07, 6.45) is 2.97. The van der Waals surface area contributed by atoms with Gasteiger partial charge in [0.15, 0.2) is 0 Å². The van der Waals surface area contributed by atoms with E-state index in [1.54, 1.807) is 6.07 Å². The zero-order valence-electron chi connectivity index (χ0n) is 13.1. The fraction of sp³-hybridized carbons (Fsp3) is 0.444. The summed E-state index contributed by atoms with van der Waals surface area (Å²) < 4.78 is 14.2. The quantitative estimate of drug-likeness (QED) is 0.755. The average Bonchev–Trinajstić information content (AvgIpc) is 2.94. The third-order valence-corrected chi connectivity index (χ3v) is 4.89. The van der Waals surface area contributed by atoms with Gasteiger partial charge in [-0.05, 0) is 44.5 Å². The molecule has 114 valence electrons. The van der Waals surface area contributed by atoms with Crippen LogP contribution in [0.2, 0.25) is 0 Å². The number of hydrogen-bond donors (Lipinski definition) is 1. The Kier molecular flexibility index (Phi) is 5.95. The highest BCUT2D eigenvalue weighted by molar-refractivity contribution is 7.11. The lowest BCUT2D eigenvalue weighted by atomic mass is 10.00. The molecule has 1 atom stereocenters. The van der Waals surface area contributed by atoms with E-state index in [2.05, 4.69) is 31.3 Å². The molecule has 0 aliphatic heterocycles.